The van der Waals surface area contributed by atoms with Gasteiger partial charge in [-0.3, -0.25) is 0 Å². The zero-order valence-corrected chi connectivity index (χ0v) is 18.3. The minimum atomic E-state index is -7.39. The summed E-state index contributed by atoms with van der Waals surface area (Å²) in [7, 11) is 0. The normalized spacial score (nSPS) is 30.8. The fraction of sp³-hybridized carbons (Fsp3) is 0.857. The second-order valence-electron chi connectivity index (χ2n) is 7.67. The number of carboxylic acid groups (broad SMARTS) is 2. The minimum absolute atomic E-state index is 0. The molecule has 2 aliphatic carbocycles. The maximum absolute atomic E-state index is 13.2. The van der Waals surface area contributed by atoms with Gasteiger partial charge >= 0.3 is 82.5 Å². The first kappa shape index (κ1) is 38.9. The van der Waals surface area contributed by atoms with Crippen LogP contribution in [0.5, 0.6) is 0 Å². The van der Waals surface area contributed by atoms with E-state index >= 15 is 0 Å². The van der Waals surface area contributed by atoms with Gasteiger partial charge in [0, 0.05) is 17.1 Å². The molecule has 247 valence electrons. The number of halogens is 22. The predicted molar refractivity (Wildman–Crippen MR) is 72.4 cm³/mol. The van der Waals surface area contributed by atoms with Gasteiger partial charge < -0.3 is 10.2 Å². The molecule has 0 saturated heterocycles. The number of rotatable bonds is 2. The largest absolute Gasteiger partial charge is 0.479 e. The molecule has 0 amide bonds. The number of carboxylic acids is 2. The van der Waals surface area contributed by atoms with Gasteiger partial charge in [0.25, 0.3) is 0 Å². The Labute approximate surface area is 217 Å². The summed E-state index contributed by atoms with van der Waals surface area (Å²) in [5.74, 6) is -81.8. The van der Waals surface area contributed by atoms with Crippen molar-refractivity contribution in [2.75, 3.05) is 0 Å². The Morgan fingerprint density at radius 3 is 0.488 bits per heavy atom. The summed E-state index contributed by atoms with van der Waals surface area (Å²) in [5.41, 5.74) is -13.9. The van der Waals surface area contributed by atoms with E-state index in [1.807, 2.05) is 0 Å². The average Bonchev–Trinajstić information content (AvgIpc) is 2.74. The van der Waals surface area contributed by atoms with E-state index in [4.69, 9.17) is 10.2 Å². The second kappa shape index (κ2) is 8.97. The van der Waals surface area contributed by atoms with Crippen LogP contribution < -0.4 is 0 Å². The van der Waals surface area contributed by atoms with E-state index in [-0.39, 0.29) is 17.1 Å². The van der Waals surface area contributed by atoms with Crippen LogP contribution in [0, 0.1) is 0 Å². The average molecular weight is 716 g/mol. The standard InChI is InChI=1S/2C7HF11O2.Cu/c2*8-2(1(19)20)3(9,10)5(13,14)7(17,18)6(15,16)4(2,11)12;/h2*(H,19,20);. The van der Waals surface area contributed by atoms with Gasteiger partial charge in [0.1, 0.15) is 0 Å². The van der Waals surface area contributed by atoms with Crippen molar-refractivity contribution < 1.29 is 133 Å². The number of hydrogen-bond acceptors (Lipinski definition) is 2. The number of hydrogen-bond donors (Lipinski definition) is 2. The van der Waals surface area contributed by atoms with Crippen molar-refractivity contribution in [3.8, 4) is 0 Å². The van der Waals surface area contributed by atoms with Gasteiger partial charge in [-0.05, 0) is 0 Å². The zero-order chi connectivity index (χ0) is 33.2. The molecule has 2 saturated carbocycles. The van der Waals surface area contributed by atoms with Crippen molar-refractivity contribution in [3.05, 3.63) is 0 Å². The molecule has 0 unspecified atom stereocenters. The third-order valence-electron chi connectivity index (χ3n) is 5.47. The summed E-state index contributed by atoms with van der Waals surface area (Å²) < 4.78 is 280. The topological polar surface area (TPSA) is 74.6 Å². The van der Waals surface area contributed by atoms with Crippen molar-refractivity contribution >= 4 is 11.9 Å². The smallest absolute Gasteiger partial charge is 0.384 e. The van der Waals surface area contributed by atoms with E-state index in [0.29, 0.717) is 0 Å². The molecule has 0 heterocycles. The van der Waals surface area contributed by atoms with Crippen molar-refractivity contribution in [3.63, 3.8) is 0 Å². The molecule has 0 atom stereocenters. The quantitative estimate of drug-likeness (QED) is 0.275. The van der Waals surface area contributed by atoms with Gasteiger partial charge in [-0.25, -0.2) is 18.4 Å². The maximum Gasteiger partial charge on any atom is 0.384 e. The fourth-order valence-corrected chi connectivity index (χ4v) is 2.98. The summed E-state index contributed by atoms with van der Waals surface area (Å²) in [4.78, 5) is 20.1. The van der Waals surface area contributed by atoms with E-state index in [2.05, 4.69) is 0 Å². The summed E-state index contributed by atoms with van der Waals surface area (Å²) >= 11 is 0. The van der Waals surface area contributed by atoms with E-state index in [0.717, 1.165) is 0 Å². The van der Waals surface area contributed by atoms with E-state index in [1.165, 1.54) is 0 Å². The molecule has 1 radical (unpaired) electrons. The Morgan fingerprint density at radius 2 is 0.390 bits per heavy atom. The summed E-state index contributed by atoms with van der Waals surface area (Å²) in [6.07, 6.45) is 0. The van der Waals surface area contributed by atoms with Gasteiger partial charge in [-0.15, -0.1) is 0 Å². The van der Waals surface area contributed by atoms with Gasteiger partial charge in [-0.2, -0.15) is 87.8 Å². The van der Waals surface area contributed by atoms with E-state index in [9.17, 15) is 106 Å². The molecule has 2 N–H and O–H groups in total. The Bertz CT molecular complexity index is 938. The zero-order valence-electron chi connectivity index (χ0n) is 17.3. The van der Waals surface area contributed by atoms with Crippen LogP contribution in [0.2, 0.25) is 0 Å². The summed E-state index contributed by atoms with van der Waals surface area (Å²) in [6, 6.07) is 0. The predicted octanol–water partition coefficient (Wildman–Crippen LogP) is 5.94. The summed E-state index contributed by atoms with van der Waals surface area (Å²) in [6.45, 7) is 0. The molecule has 0 aromatic rings. The monoisotopic (exact) mass is 715 g/mol. The first-order valence-corrected chi connectivity index (χ1v) is 8.51. The molecule has 41 heavy (non-hydrogen) atoms. The molecule has 2 fully saturated rings. The number of aliphatic carboxylic acids is 2. The third-order valence-corrected chi connectivity index (χ3v) is 5.47. The van der Waals surface area contributed by atoms with Crippen LogP contribution in [-0.2, 0) is 26.7 Å². The van der Waals surface area contributed by atoms with Crippen molar-refractivity contribution in [2.24, 2.45) is 0 Å². The molecule has 0 bridgehead atoms. The van der Waals surface area contributed by atoms with Crippen LogP contribution in [0.1, 0.15) is 0 Å². The molecule has 4 nitrogen and oxygen atoms in total. The Morgan fingerprint density at radius 1 is 0.293 bits per heavy atom. The second-order valence-corrected chi connectivity index (χ2v) is 7.67. The molecule has 2 rings (SSSR count). The molecule has 0 spiro atoms. The van der Waals surface area contributed by atoms with Crippen LogP contribution in [0.15, 0.2) is 0 Å². The van der Waals surface area contributed by atoms with Crippen LogP contribution >= 0.6 is 0 Å². The van der Waals surface area contributed by atoms with Crippen LogP contribution in [0.25, 0.3) is 0 Å². The molecule has 0 aromatic heterocycles. The number of carbonyl (C=O) groups is 2. The Kier molecular flexibility index (Phi) is 8.51. The molecule has 27 heteroatoms. The molecule has 0 aliphatic heterocycles. The van der Waals surface area contributed by atoms with Gasteiger partial charge in [0.2, 0.25) is 0 Å². The SMILES string of the molecule is O=C(O)C1(F)C(F)(F)C(F)(F)C(F)(F)C(F)(F)C1(F)F.O=C(O)C1(F)C(F)(F)C(F)(F)C(F)(F)C(F)(F)C1(F)F.[Cu]. The third kappa shape index (κ3) is 3.52. The van der Waals surface area contributed by atoms with Crippen LogP contribution in [0.3, 0.4) is 0 Å². The fourth-order valence-electron chi connectivity index (χ4n) is 2.98. The molecular formula is C14H2CuF22O4. The molecule has 2 aliphatic rings. The molecule has 0 aromatic carbocycles. The van der Waals surface area contributed by atoms with Gasteiger partial charge in [0.15, 0.2) is 0 Å². The van der Waals surface area contributed by atoms with Crippen molar-refractivity contribution in [1.82, 2.24) is 0 Å². The Hall–Kier alpha value is -2.08. The van der Waals surface area contributed by atoms with Crippen LogP contribution in [0.4, 0.5) is 96.6 Å². The van der Waals surface area contributed by atoms with E-state index < -0.39 is 82.5 Å². The molecular weight excluding hydrogens is 714 g/mol. The van der Waals surface area contributed by atoms with E-state index in [1.54, 1.807) is 0 Å². The Balaban J connectivity index is 0.000000762. The van der Waals surface area contributed by atoms with Gasteiger partial charge in [-0.1, -0.05) is 0 Å². The minimum Gasteiger partial charge on any atom is -0.479 e. The van der Waals surface area contributed by atoms with Crippen molar-refractivity contribution in [2.45, 2.75) is 70.6 Å². The summed E-state index contributed by atoms with van der Waals surface area (Å²) in [5, 5.41) is 15.7. The van der Waals surface area contributed by atoms with Crippen LogP contribution in [-0.4, -0.2) is 92.7 Å². The maximum atomic E-state index is 13.2. The first-order valence-electron chi connectivity index (χ1n) is 8.51. The van der Waals surface area contributed by atoms with Crippen molar-refractivity contribution in [1.29, 1.82) is 0 Å². The van der Waals surface area contributed by atoms with Gasteiger partial charge in [0.05, 0.1) is 0 Å². The number of alkyl halides is 22. The first-order chi connectivity index (χ1) is 16.9.